The Morgan fingerprint density at radius 3 is 3.08 bits per heavy atom. The molecule has 5 nitrogen and oxygen atoms in total. The predicted molar refractivity (Wildman–Crippen MR) is 44.4 cm³/mol. The second-order valence-electron chi connectivity index (χ2n) is 2.17. The largest absolute Gasteiger partial charge is 0.221 e. The standard InChI is InChI=1S/C6H9N5S/c1-3-11-6(8-9-10-11)12-5(2)4-7/h5H,3H2,1-2H3. The first-order valence-corrected chi connectivity index (χ1v) is 4.48. The van der Waals surface area contributed by atoms with E-state index in [1.165, 1.54) is 11.8 Å². The van der Waals surface area contributed by atoms with Crippen molar-refractivity contribution < 1.29 is 0 Å². The van der Waals surface area contributed by atoms with Gasteiger partial charge in [0.2, 0.25) is 5.16 Å². The number of nitrogens with zero attached hydrogens (tertiary/aromatic N) is 5. The van der Waals surface area contributed by atoms with Crippen LogP contribution in [-0.4, -0.2) is 25.5 Å². The number of nitriles is 1. The van der Waals surface area contributed by atoms with E-state index in [0.29, 0.717) is 5.16 Å². The van der Waals surface area contributed by atoms with Gasteiger partial charge in [-0.2, -0.15) is 5.26 Å². The molecule has 0 aliphatic heterocycles. The van der Waals surface area contributed by atoms with E-state index < -0.39 is 0 Å². The minimum atomic E-state index is -0.110. The first kappa shape index (κ1) is 9.00. The third kappa shape index (κ3) is 1.95. The van der Waals surface area contributed by atoms with Crippen molar-refractivity contribution in [2.45, 2.75) is 30.8 Å². The highest BCUT2D eigenvalue weighted by Gasteiger charge is 2.09. The Morgan fingerprint density at radius 1 is 1.75 bits per heavy atom. The molecule has 64 valence electrons. The molecule has 6 heteroatoms. The van der Waals surface area contributed by atoms with Crippen LogP contribution in [0.1, 0.15) is 13.8 Å². The summed E-state index contributed by atoms with van der Waals surface area (Å²) in [5.41, 5.74) is 0. The number of rotatable bonds is 3. The SMILES string of the molecule is CCn1nnnc1SC(C)C#N. The summed E-state index contributed by atoms with van der Waals surface area (Å²) in [5, 5.41) is 20.2. The zero-order valence-electron chi connectivity index (χ0n) is 6.93. The second-order valence-corrected chi connectivity index (χ2v) is 3.47. The van der Waals surface area contributed by atoms with Gasteiger partial charge in [0, 0.05) is 6.54 Å². The smallest absolute Gasteiger partial charge is 0.210 e. The summed E-state index contributed by atoms with van der Waals surface area (Å²) < 4.78 is 1.67. The van der Waals surface area contributed by atoms with Crippen LogP contribution in [0.2, 0.25) is 0 Å². The topological polar surface area (TPSA) is 67.4 Å². The Kier molecular flexibility index (Phi) is 3.05. The molecule has 1 aromatic rings. The number of hydrogen-bond acceptors (Lipinski definition) is 5. The molecule has 1 rings (SSSR count). The molecule has 0 spiro atoms. The molecule has 1 atom stereocenters. The first-order chi connectivity index (χ1) is 5.77. The molecule has 0 aliphatic rings. The van der Waals surface area contributed by atoms with E-state index in [1.54, 1.807) is 4.68 Å². The molecule has 0 saturated heterocycles. The van der Waals surface area contributed by atoms with Crippen molar-refractivity contribution in [3.63, 3.8) is 0 Å². The van der Waals surface area contributed by atoms with Crippen molar-refractivity contribution >= 4 is 11.8 Å². The monoisotopic (exact) mass is 183 g/mol. The van der Waals surface area contributed by atoms with Crippen LogP contribution in [0, 0.1) is 11.3 Å². The number of aromatic nitrogens is 4. The van der Waals surface area contributed by atoms with Crippen LogP contribution < -0.4 is 0 Å². The predicted octanol–water partition coefficient (Wildman–Crippen LogP) is 0.697. The normalized spacial score (nSPS) is 12.4. The summed E-state index contributed by atoms with van der Waals surface area (Å²) in [6, 6.07) is 2.11. The van der Waals surface area contributed by atoms with Crippen molar-refractivity contribution in [3.05, 3.63) is 0 Å². The summed E-state index contributed by atoms with van der Waals surface area (Å²) in [5.74, 6) is 0. The molecule has 0 radical (unpaired) electrons. The van der Waals surface area contributed by atoms with Crippen molar-refractivity contribution in [1.82, 2.24) is 20.2 Å². The first-order valence-electron chi connectivity index (χ1n) is 3.60. The molecule has 1 unspecified atom stereocenters. The molecule has 0 N–H and O–H groups in total. The molecule has 0 aliphatic carbocycles. The summed E-state index contributed by atoms with van der Waals surface area (Å²) >= 11 is 1.37. The fraction of sp³-hybridized carbons (Fsp3) is 0.667. The Morgan fingerprint density at radius 2 is 2.50 bits per heavy atom. The zero-order chi connectivity index (χ0) is 8.97. The van der Waals surface area contributed by atoms with Crippen LogP contribution in [0.3, 0.4) is 0 Å². The fourth-order valence-corrected chi connectivity index (χ4v) is 1.40. The van der Waals surface area contributed by atoms with E-state index in [0.717, 1.165) is 6.54 Å². The average Bonchev–Trinajstić information content (AvgIpc) is 2.51. The van der Waals surface area contributed by atoms with E-state index >= 15 is 0 Å². The molecular weight excluding hydrogens is 174 g/mol. The van der Waals surface area contributed by atoms with Gasteiger partial charge in [-0.15, -0.1) is 5.10 Å². The highest BCUT2D eigenvalue weighted by Crippen LogP contribution is 2.18. The van der Waals surface area contributed by atoms with Gasteiger partial charge in [-0.1, -0.05) is 11.8 Å². The number of thioether (sulfide) groups is 1. The maximum absolute atomic E-state index is 8.55. The minimum Gasteiger partial charge on any atom is -0.221 e. The molecule has 0 fully saturated rings. The van der Waals surface area contributed by atoms with Crippen LogP contribution in [-0.2, 0) is 6.54 Å². The maximum atomic E-state index is 8.55. The number of tetrazole rings is 1. The van der Waals surface area contributed by atoms with Gasteiger partial charge in [-0.3, -0.25) is 0 Å². The molecule has 0 bridgehead atoms. The van der Waals surface area contributed by atoms with Crippen LogP contribution >= 0.6 is 11.8 Å². The van der Waals surface area contributed by atoms with Crippen LogP contribution in [0.25, 0.3) is 0 Å². The lowest BCUT2D eigenvalue weighted by molar-refractivity contribution is 0.581. The van der Waals surface area contributed by atoms with Gasteiger partial charge in [0.25, 0.3) is 0 Å². The lowest BCUT2D eigenvalue weighted by Gasteiger charge is -2.00. The van der Waals surface area contributed by atoms with Gasteiger partial charge in [0.05, 0.1) is 11.3 Å². The van der Waals surface area contributed by atoms with Gasteiger partial charge >= 0.3 is 0 Å². The fourth-order valence-electron chi connectivity index (χ4n) is 0.664. The van der Waals surface area contributed by atoms with E-state index in [1.807, 2.05) is 13.8 Å². The number of hydrogen-bond donors (Lipinski definition) is 0. The molecule has 0 amide bonds. The Balaban J connectivity index is 2.69. The zero-order valence-corrected chi connectivity index (χ0v) is 7.75. The molecule has 0 saturated carbocycles. The van der Waals surface area contributed by atoms with Gasteiger partial charge in [-0.25, -0.2) is 4.68 Å². The van der Waals surface area contributed by atoms with Gasteiger partial charge in [0.15, 0.2) is 0 Å². The van der Waals surface area contributed by atoms with Crippen molar-refractivity contribution in [3.8, 4) is 6.07 Å². The van der Waals surface area contributed by atoms with Crippen LogP contribution in [0.4, 0.5) is 0 Å². The van der Waals surface area contributed by atoms with Gasteiger partial charge < -0.3 is 0 Å². The van der Waals surface area contributed by atoms with Crippen molar-refractivity contribution in [2.75, 3.05) is 0 Å². The van der Waals surface area contributed by atoms with Crippen molar-refractivity contribution in [1.29, 1.82) is 5.26 Å². The molecule has 1 aromatic heterocycles. The summed E-state index contributed by atoms with van der Waals surface area (Å²) in [6.45, 7) is 4.50. The van der Waals surface area contributed by atoms with Crippen LogP contribution in [0.5, 0.6) is 0 Å². The third-order valence-electron chi connectivity index (χ3n) is 1.26. The molecule has 1 heterocycles. The maximum Gasteiger partial charge on any atom is 0.210 e. The molecule has 0 aromatic carbocycles. The minimum absolute atomic E-state index is 0.110. The van der Waals surface area contributed by atoms with Crippen molar-refractivity contribution in [2.24, 2.45) is 0 Å². The summed E-state index contributed by atoms with van der Waals surface area (Å²) in [7, 11) is 0. The summed E-state index contributed by atoms with van der Waals surface area (Å²) in [4.78, 5) is 0. The van der Waals surface area contributed by atoms with E-state index in [-0.39, 0.29) is 5.25 Å². The number of aryl methyl sites for hydroxylation is 1. The van der Waals surface area contributed by atoms with E-state index in [9.17, 15) is 0 Å². The molecular formula is C6H9N5S. The average molecular weight is 183 g/mol. The highest BCUT2D eigenvalue weighted by atomic mass is 32.2. The lowest BCUT2D eigenvalue weighted by Crippen LogP contribution is -2.01. The third-order valence-corrected chi connectivity index (χ3v) is 2.22. The van der Waals surface area contributed by atoms with E-state index in [4.69, 9.17) is 5.26 Å². The Labute approximate surface area is 74.8 Å². The Hall–Kier alpha value is -1.09. The summed E-state index contributed by atoms with van der Waals surface area (Å²) in [6.07, 6.45) is 0. The second kappa shape index (κ2) is 4.07. The lowest BCUT2D eigenvalue weighted by atomic mass is 10.5. The highest BCUT2D eigenvalue weighted by molar-refractivity contribution is 8.00. The van der Waals surface area contributed by atoms with Gasteiger partial charge in [0.1, 0.15) is 0 Å². The Bertz CT molecular complexity index is 288. The van der Waals surface area contributed by atoms with Crippen LogP contribution in [0.15, 0.2) is 5.16 Å². The quantitative estimate of drug-likeness (QED) is 0.645. The van der Waals surface area contributed by atoms with E-state index in [2.05, 4.69) is 21.6 Å². The molecule has 12 heavy (non-hydrogen) atoms. The van der Waals surface area contributed by atoms with Gasteiger partial charge in [-0.05, 0) is 24.3 Å².